The van der Waals surface area contributed by atoms with E-state index < -0.39 is 5.97 Å². The van der Waals surface area contributed by atoms with Gasteiger partial charge in [-0.1, -0.05) is 29.0 Å². The van der Waals surface area contributed by atoms with Crippen molar-refractivity contribution in [1.29, 1.82) is 0 Å². The van der Waals surface area contributed by atoms with Crippen LogP contribution in [0.2, 0.25) is 5.02 Å². The summed E-state index contributed by atoms with van der Waals surface area (Å²) in [7, 11) is 1.80. The molecule has 3 aromatic rings. The smallest absolute Gasteiger partial charge is 0.350 e. The zero-order valence-electron chi connectivity index (χ0n) is 13.9. The van der Waals surface area contributed by atoms with Gasteiger partial charge in [0.1, 0.15) is 10.6 Å². The normalized spacial score (nSPS) is 10.9. The van der Waals surface area contributed by atoms with E-state index in [0.29, 0.717) is 26.4 Å². The van der Waals surface area contributed by atoms with Crippen LogP contribution in [0.4, 0.5) is 5.13 Å². The maximum Gasteiger partial charge on any atom is 0.350 e. The van der Waals surface area contributed by atoms with Gasteiger partial charge in [-0.3, -0.25) is 10.1 Å². The maximum absolute atomic E-state index is 12.6. The average Bonchev–Trinajstić information content (AvgIpc) is 3.09. The Morgan fingerprint density at radius 1 is 1.40 bits per heavy atom. The summed E-state index contributed by atoms with van der Waals surface area (Å²) < 4.78 is 6.75. The summed E-state index contributed by atoms with van der Waals surface area (Å²) in [6.45, 7) is 3.73. The summed E-state index contributed by atoms with van der Waals surface area (Å²) >= 11 is 7.28. The number of nitrogens with one attached hydrogen (secondary N) is 1. The number of hydrogen-bond acceptors (Lipinski definition) is 5. The van der Waals surface area contributed by atoms with Crippen molar-refractivity contribution in [2.24, 2.45) is 7.05 Å². The molecule has 0 saturated heterocycles. The Morgan fingerprint density at radius 3 is 2.84 bits per heavy atom. The van der Waals surface area contributed by atoms with E-state index in [0.717, 1.165) is 22.2 Å². The number of anilines is 1. The minimum atomic E-state index is -0.436. The quantitative estimate of drug-likeness (QED) is 0.697. The topological polar surface area (TPSA) is 73.2 Å². The zero-order valence-corrected chi connectivity index (χ0v) is 15.5. The van der Waals surface area contributed by atoms with Crippen LogP contribution in [0.15, 0.2) is 24.3 Å². The summed E-state index contributed by atoms with van der Waals surface area (Å²) in [4.78, 5) is 29.1. The summed E-state index contributed by atoms with van der Waals surface area (Å²) in [5.41, 5.74) is 1.84. The number of ether oxygens (including phenoxy) is 1. The highest BCUT2D eigenvalue weighted by atomic mass is 35.5. The van der Waals surface area contributed by atoms with Crippen LogP contribution < -0.4 is 5.32 Å². The van der Waals surface area contributed by atoms with Gasteiger partial charge in [0.15, 0.2) is 5.13 Å². The first-order valence-electron chi connectivity index (χ1n) is 7.62. The molecule has 2 aromatic heterocycles. The van der Waals surface area contributed by atoms with Crippen molar-refractivity contribution in [2.75, 3.05) is 11.9 Å². The molecule has 3 rings (SSSR count). The molecular weight excluding hydrogens is 362 g/mol. The molecule has 2 heterocycles. The number of fused-ring (bicyclic) bond motifs is 1. The van der Waals surface area contributed by atoms with E-state index in [2.05, 4.69) is 10.3 Å². The van der Waals surface area contributed by atoms with Crippen LogP contribution in [0.1, 0.15) is 32.8 Å². The second kappa shape index (κ2) is 6.85. The molecule has 0 unspecified atom stereocenters. The van der Waals surface area contributed by atoms with Crippen LogP contribution in [0, 0.1) is 6.92 Å². The largest absolute Gasteiger partial charge is 0.462 e. The molecular formula is C17H16ClN3O3S. The van der Waals surface area contributed by atoms with Crippen molar-refractivity contribution in [1.82, 2.24) is 9.55 Å². The molecule has 0 radical (unpaired) electrons. The summed E-state index contributed by atoms with van der Waals surface area (Å²) in [5, 5.41) is 4.47. The number of halogens is 1. The SMILES string of the molecule is CCOC(=O)c1sc(NC(=O)c2cc3c(Cl)cccc3n2C)nc1C. The summed E-state index contributed by atoms with van der Waals surface area (Å²) in [6.07, 6.45) is 0. The molecule has 0 spiro atoms. The highest BCUT2D eigenvalue weighted by Gasteiger charge is 2.20. The van der Waals surface area contributed by atoms with Gasteiger partial charge < -0.3 is 9.30 Å². The van der Waals surface area contributed by atoms with Gasteiger partial charge in [-0.15, -0.1) is 0 Å². The van der Waals surface area contributed by atoms with Gasteiger partial charge >= 0.3 is 5.97 Å². The van der Waals surface area contributed by atoms with Crippen LogP contribution in [0.25, 0.3) is 10.9 Å². The molecule has 8 heteroatoms. The van der Waals surface area contributed by atoms with Crippen molar-refractivity contribution in [2.45, 2.75) is 13.8 Å². The van der Waals surface area contributed by atoms with Gasteiger partial charge in [-0.05, 0) is 32.0 Å². The Kier molecular flexibility index (Phi) is 4.78. The molecule has 1 N–H and O–H groups in total. The number of hydrogen-bond donors (Lipinski definition) is 1. The van der Waals surface area contributed by atoms with Crippen molar-refractivity contribution < 1.29 is 14.3 Å². The molecule has 0 atom stereocenters. The fourth-order valence-electron chi connectivity index (χ4n) is 2.54. The van der Waals surface area contributed by atoms with Gasteiger partial charge in [-0.2, -0.15) is 0 Å². The van der Waals surface area contributed by atoms with E-state index in [1.54, 1.807) is 37.6 Å². The first-order valence-corrected chi connectivity index (χ1v) is 8.81. The third-order valence-electron chi connectivity index (χ3n) is 3.74. The second-order valence-electron chi connectivity index (χ2n) is 5.37. The summed E-state index contributed by atoms with van der Waals surface area (Å²) in [6, 6.07) is 7.24. The molecule has 1 aromatic carbocycles. The Bertz CT molecular complexity index is 977. The van der Waals surface area contributed by atoms with Crippen molar-refractivity contribution in [3.63, 3.8) is 0 Å². The van der Waals surface area contributed by atoms with Gasteiger partial charge in [-0.25, -0.2) is 9.78 Å². The molecule has 0 fully saturated rings. The number of carbonyl (C=O) groups excluding carboxylic acids is 2. The van der Waals surface area contributed by atoms with Gasteiger partial charge in [0, 0.05) is 23.0 Å². The molecule has 0 saturated carbocycles. The highest BCUT2D eigenvalue weighted by Crippen LogP contribution is 2.28. The first-order chi connectivity index (χ1) is 11.9. The van der Waals surface area contributed by atoms with Crippen LogP contribution >= 0.6 is 22.9 Å². The predicted octanol–water partition coefficient (Wildman–Crippen LogP) is 4.03. The van der Waals surface area contributed by atoms with E-state index in [9.17, 15) is 9.59 Å². The highest BCUT2D eigenvalue weighted by molar-refractivity contribution is 7.17. The van der Waals surface area contributed by atoms with E-state index in [4.69, 9.17) is 16.3 Å². The van der Waals surface area contributed by atoms with Crippen molar-refractivity contribution >= 4 is 50.8 Å². The fraction of sp³-hybridized carbons (Fsp3) is 0.235. The number of aryl methyl sites for hydroxylation is 2. The molecule has 130 valence electrons. The minimum absolute atomic E-state index is 0.286. The Balaban J connectivity index is 1.88. The molecule has 1 amide bonds. The third-order valence-corrected chi connectivity index (χ3v) is 5.13. The Hall–Kier alpha value is -2.38. The van der Waals surface area contributed by atoms with Crippen LogP contribution in [-0.4, -0.2) is 28.0 Å². The standard InChI is InChI=1S/C17H16ClN3O3S/c1-4-24-16(23)14-9(2)19-17(25-14)20-15(22)13-8-10-11(18)6-5-7-12(10)21(13)3/h5-8H,4H2,1-3H3,(H,19,20,22). The number of carbonyl (C=O) groups is 2. The molecule has 6 nitrogen and oxygen atoms in total. The lowest BCUT2D eigenvalue weighted by Crippen LogP contribution is -2.15. The molecule has 0 aliphatic carbocycles. The van der Waals surface area contributed by atoms with Crippen LogP contribution in [-0.2, 0) is 11.8 Å². The monoisotopic (exact) mass is 377 g/mol. The fourth-order valence-corrected chi connectivity index (χ4v) is 3.62. The lowest BCUT2D eigenvalue weighted by molar-refractivity contribution is 0.0531. The van der Waals surface area contributed by atoms with Gasteiger partial charge in [0.05, 0.1) is 12.3 Å². The lowest BCUT2D eigenvalue weighted by Gasteiger charge is -2.03. The molecule has 0 bridgehead atoms. The lowest BCUT2D eigenvalue weighted by atomic mass is 10.2. The zero-order chi connectivity index (χ0) is 18.1. The maximum atomic E-state index is 12.6. The van der Waals surface area contributed by atoms with Crippen LogP contribution in [0.3, 0.4) is 0 Å². The van der Waals surface area contributed by atoms with E-state index in [-0.39, 0.29) is 12.5 Å². The Morgan fingerprint density at radius 2 is 2.16 bits per heavy atom. The Labute approximate surface area is 153 Å². The van der Waals surface area contributed by atoms with Crippen molar-refractivity contribution in [3.8, 4) is 0 Å². The first kappa shape index (κ1) is 17.4. The van der Waals surface area contributed by atoms with E-state index >= 15 is 0 Å². The van der Waals surface area contributed by atoms with Gasteiger partial charge in [0.25, 0.3) is 5.91 Å². The number of nitrogens with zero attached hydrogens (tertiary/aromatic N) is 2. The second-order valence-corrected chi connectivity index (χ2v) is 6.78. The molecule has 0 aliphatic rings. The predicted molar refractivity (Wildman–Crippen MR) is 98.7 cm³/mol. The number of aromatic nitrogens is 2. The number of amides is 1. The minimum Gasteiger partial charge on any atom is -0.462 e. The van der Waals surface area contributed by atoms with E-state index in [1.807, 2.05) is 12.1 Å². The number of thiazole rings is 1. The molecule has 25 heavy (non-hydrogen) atoms. The third kappa shape index (κ3) is 3.25. The van der Waals surface area contributed by atoms with E-state index in [1.165, 1.54) is 0 Å². The van der Waals surface area contributed by atoms with Crippen LogP contribution in [0.5, 0.6) is 0 Å². The number of rotatable bonds is 4. The number of benzene rings is 1. The summed E-state index contributed by atoms with van der Waals surface area (Å²) in [5.74, 6) is -0.756. The number of esters is 1. The average molecular weight is 378 g/mol. The van der Waals surface area contributed by atoms with Gasteiger partial charge in [0.2, 0.25) is 0 Å². The molecule has 0 aliphatic heterocycles. The van der Waals surface area contributed by atoms with Crippen molar-refractivity contribution in [3.05, 3.63) is 45.6 Å².